The van der Waals surface area contributed by atoms with Crippen LogP contribution < -0.4 is 10.6 Å². The molecule has 1 aliphatic heterocycles. The van der Waals surface area contributed by atoms with Gasteiger partial charge >= 0.3 is 0 Å². The van der Waals surface area contributed by atoms with E-state index in [-0.39, 0.29) is 5.91 Å². The first-order valence-corrected chi connectivity index (χ1v) is 7.98. The Morgan fingerprint density at radius 3 is 2.65 bits per heavy atom. The van der Waals surface area contributed by atoms with Gasteiger partial charge in [0.1, 0.15) is 0 Å². The number of rotatable bonds is 6. The zero-order chi connectivity index (χ0) is 11.9. The van der Waals surface area contributed by atoms with Gasteiger partial charge in [-0.15, -0.1) is 11.8 Å². The molecule has 1 heterocycles. The van der Waals surface area contributed by atoms with Gasteiger partial charge in [-0.3, -0.25) is 4.79 Å². The first-order chi connectivity index (χ1) is 8.34. The molecule has 0 atom stereocenters. The van der Waals surface area contributed by atoms with E-state index in [1.165, 1.54) is 38.5 Å². The Morgan fingerprint density at radius 2 is 2.00 bits per heavy atom. The molecule has 2 fully saturated rings. The molecule has 1 aliphatic carbocycles. The number of amides is 1. The highest BCUT2D eigenvalue weighted by Crippen LogP contribution is 2.28. The molecule has 1 saturated heterocycles. The van der Waals surface area contributed by atoms with Gasteiger partial charge in [-0.05, 0) is 38.3 Å². The highest BCUT2D eigenvalue weighted by Gasteiger charge is 2.17. The maximum absolute atomic E-state index is 11.6. The second kappa shape index (κ2) is 7.27. The van der Waals surface area contributed by atoms with Gasteiger partial charge in [0.25, 0.3) is 0 Å². The minimum atomic E-state index is 0.229. The second-order valence-electron chi connectivity index (χ2n) is 5.20. The quantitative estimate of drug-likeness (QED) is 0.761. The summed E-state index contributed by atoms with van der Waals surface area (Å²) in [6.07, 6.45) is 7.74. The summed E-state index contributed by atoms with van der Waals surface area (Å²) in [6.45, 7) is 3.11. The first kappa shape index (κ1) is 13.2. The Balaban J connectivity index is 1.47. The first-order valence-electron chi connectivity index (χ1n) is 6.93. The molecule has 0 spiro atoms. The van der Waals surface area contributed by atoms with Crippen LogP contribution in [0.15, 0.2) is 0 Å². The fourth-order valence-corrected chi connectivity index (χ4v) is 3.46. The maximum atomic E-state index is 11.6. The van der Waals surface area contributed by atoms with E-state index in [2.05, 4.69) is 10.6 Å². The fourth-order valence-electron chi connectivity index (χ4n) is 2.40. The smallest absolute Gasteiger partial charge is 0.230 e. The molecule has 1 saturated carbocycles. The lowest BCUT2D eigenvalue weighted by Gasteiger charge is -2.25. The van der Waals surface area contributed by atoms with Gasteiger partial charge in [-0.2, -0.15) is 0 Å². The molecular formula is C13H24N2OS. The molecule has 0 aromatic carbocycles. The van der Waals surface area contributed by atoms with Crippen LogP contribution in [-0.4, -0.2) is 36.5 Å². The molecule has 0 bridgehead atoms. The van der Waals surface area contributed by atoms with Crippen LogP contribution in [0, 0.1) is 5.92 Å². The van der Waals surface area contributed by atoms with E-state index in [1.807, 2.05) is 11.8 Å². The highest BCUT2D eigenvalue weighted by atomic mass is 32.2. The van der Waals surface area contributed by atoms with E-state index < -0.39 is 0 Å². The molecule has 17 heavy (non-hydrogen) atoms. The molecule has 0 unspecified atom stereocenters. The summed E-state index contributed by atoms with van der Waals surface area (Å²) in [5.41, 5.74) is 0. The van der Waals surface area contributed by atoms with Crippen LogP contribution in [-0.2, 0) is 4.79 Å². The molecule has 2 N–H and O–H groups in total. The third-order valence-corrected chi connectivity index (χ3v) is 5.21. The molecule has 0 aromatic heterocycles. The Hall–Kier alpha value is -0.220. The summed E-state index contributed by atoms with van der Waals surface area (Å²) >= 11 is 1.83. The van der Waals surface area contributed by atoms with Gasteiger partial charge < -0.3 is 10.6 Å². The number of piperidine rings is 1. The van der Waals surface area contributed by atoms with E-state index >= 15 is 0 Å². The maximum Gasteiger partial charge on any atom is 0.230 e. The van der Waals surface area contributed by atoms with E-state index in [0.717, 1.165) is 25.6 Å². The van der Waals surface area contributed by atoms with Crippen molar-refractivity contribution in [1.82, 2.24) is 10.6 Å². The normalized spacial score (nSPS) is 22.1. The van der Waals surface area contributed by atoms with Gasteiger partial charge in [0, 0.05) is 11.8 Å². The van der Waals surface area contributed by atoms with Crippen LogP contribution in [0.1, 0.15) is 38.5 Å². The number of hydrogen-bond donors (Lipinski definition) is 2. The lowest BCUT2D eigenvalue weighted by Crippen LogP contribution is -2.32. The van der Waals surface area contributed by atoms with Crippen molar-refractivity contribution >= 4 is 17.7 Å². The van der Waals surface area contributed by atoms with Crippen molar-refractivity contribution in [3.63, 3.8) is 0 Å². The molecular weight excluding hydrogens is 232 g/mol. The number of carbonyl (C=O) groups is 1. The monoisotopic (exact) mass is 256 g/mol. The second-order valence-corrected chi connectivity index (χ2v) is 6.48. The van der Waals surface area contributed by atoms with Gasteiger partial charge in [-0.1, -0.05) is 19.3 Å². The number of nitrogens with one attached hydrogen (secondary N) is 2. The van der Waals surface area contributed by atoms with Crippen LogP contribution in [0.4, 0.5) is 0 Å². The van der Waals surface area contributed by atoms with E-state index in [0.29, 0.717) is 11.0 Å². The Morgan fingerprint density at radius 1 is 1.24 bits per heavy atom. The zero-order valence-corrected chi connectivity index (χ0v) is 11.4. The van der Waals surface area contributed by atoms with Crippen LogP contribution in [0.25, 0.3) is 0 Å². The standard InChI is InChI=1S/C13H24N2OS/c16-13(15-9-4-11-2-1-3-11)10-17-12-5-7-14-8-6-12/h11-12,14H,1-10H2,(H,15,16). The van der Waals surface area contributed by atoms with Crippen molar-refractivity contribution < 1.29 is 4.79 Å². The molecule has 0 aromatic rings. The summed E-state index contributed by atoms with van der Waals surface area (Å²) in [7, 11) is 0. The van der Waals surface area contributed by atoms with Gasteiger partial charge in [0.15, 0.2) is 0 Å². The highest BCUT2D eigenvalue weighted by molar-refractivity contribution is 8.00. The summed E-state index contributed by atoms with van der Waals surface area (Å²) in [6, 6.07) is 0. The van der Waals surface area contributed by atoms with Crippen molar-refractivity contribution in [2.45, 2.75) is 43.8 Å². The lowest BCUT2D eigenvalue weighted by atomic mass is 9.83. The Kier molecular flexibility index (Phi) is 5.65. The third kappa shape index (κ3) is 4.88. The van der Waals surface area contributed by atoms with E-state index in [9.17, 15) is 4.79 Å². The minimum absolute atomic E-state index is 0.229. The SMILES string of the molecule is O=C(CSC1CCNCC1)NCCC1CCC1. The predicted molar refractivity (Wildman–Crippen MR) is 73.3 cm³/mol. The lowest BCUT2D eigenvalue weighted by molar-refractivity contribution is -0.118. The molecule has 1 amide bonds. The molecule has 4 heteroatoms. The van der Waals surface area contributed by atoms with Gasteiger partial charge in [0.2, 0.25) is 5.91 Å². The number of carbonyl (C=O) groups excluding carboxylic acids is 1. The van der Waals surface area contributed by atoms with Gasteiger partial charge in [-0.25, -0.2) is 0 Å². The van der Waals surface area contributed by atoms with E-state index in [1.54, 1.807) is 0 Å². The van der Waals surface area contributed by atoms with Crippen LogP contribution in [0.3, 0.4) is 0 Å². The van der Waals surface area contributed by atoms with Crippen molar-refractivity contribution in [3.8, 4) is 0 Å². The third-order valence-electron chi connectivity index (χ3n) is 3.84. The van der Waals surface area contributed by atoms with Crippen LogP contribution in [0.5, 0.6) is 0 Å². The zero-order valence-electron chi connectivity index (χ0n) is 10.5. The van der Waals surface area contributed by atoms with Crippen LogP contribution >= 0.6 is 11.8 Å². The predicted octanol–water partition coefficient (Wildman–Crippen LogP) is 1.78. The largest absolute Gasteiger partial charge is 0.355 e. The fraction of sp³-hybridized carbons (Fsp3) is 0.923. The van der Waals surface area contributed by atoms with Crippen molar-refractivity contribution in [2.24, 2.45) is 5.92 Å². The Bertz CT molecular complexity index is 238. The molecule has 98 valence electrons. The topological polar surface area (TPSA) is 41.1 Å². The summed E-state index contributed by atoms with van der Waals surface area (Å²) < 4.78 is 0. The number of hydrogen-bond acceptors (Lipinski definition) is 3. The molecule has 2 rings (SSSR count). The summed E-state index contributed by atoms with van der Waals surface area (Å²) in [5, 5.41) is 7.08. The van der Waals surface area contributed by atoms with E-state index in [4.69, 9.17) is 0 Å². The molecule has 2 aliphatic rings. The molecule has 0 radical (unpaired) electrons. The van der Waals surface area contributed by atoms with Crippen molar-refractivity contribution in [3.05, 3.63) is 0 Å². The van der Waals surface area contributed by atoms with Crippen LogP contribution in [0.2, 0.25) is 0 Å². The minimum Gasteiger partial charge on any atom is -0.355 e. The molecule has 3 nitrogen and oxygen atoms in total. The average Bonchev–Trinajstić information content (AvgIpc) is 2.31. The summed E-state index contributed by atoms with van der Waals surface area (Å²) in [5.74, 6) is 1.77. The van der Waals surface area contributed by atoms with Gasteiger partial charge in [0.05, 0.1) is 5.75 Å². The average molecular weight is 256 g/mol. The summed E-state index contributed by atoms with van der Waals surface area (Å²) in [4.78, 5) is 11.6. The number of thioether (sulfide) groups is 1. The van der Waals surface area contributed by atoms with Crippen molar-refractivity contribution in [1.29, 1.82) is 0 Å². The Labute approximate surface area is 108 Å². The van der Waals surface area contributed by atoms with Crippen molar-refractivity contribution in [2.75, 3.05) is 25.4 Å².